The van der Waals surface area contributed by atoms with E-state index in [4.69, 9.17) is 18.9 Å². The number of hydrogen-bond acceptors (Lipinski definition) is 11. The van der Waals surface area contributed by atoms with E-state index in [9.17, 15) is 19.8 Å². The van der Waals surface area contributed by atoms with Gasteiger partial charge in [0, 0.05) is 27.6 Å². The van der Waals surface area contributed by atoms with E-state index in [2.05, 4.69) is 25.3 Å². The summed E-state index contributed by atoms with van der Waals surface area (Å²) >= 11 is 0. The van der Waals surface area contributed by atoms with Crippen LogP contribution in [0.1, 0.15) is 34.9 Å². The van der Waals surface area contributed by atoms with Crippen molar-refractivity contribution in [1.29, 1.82) is 0 Å². The molecule has 1 fully saturated rings. The van der Waals surface area contributed by atoms with Crippen molar-refractivity contribution in [1.82, 2.24) is 29.7 Å². The molecule has 1 aliphatic rings. The van der Waals surface area contributed by atoms with Gasteiger partial charge < -0.3 is 39.4 Å². The fourth-order valence-electron chi connectivity index (χ4n) is 6.31. The third-order valence-corrected chi connectivity index (χ3v) is 9.02. The van der Waals surface area contributed by atoms with E-state index in [1.54, 1.807) is 26.1 Å². The maximum Gasteiger partial charge on any atom is 0.280 e. The first-order valence-corrected chi connectivity index (χ1v) is 17.1. The predicted octanol–water partition coefficient (Wildman–Crippen LogP) is 2.63. The molecule has 15 nitrogen and oxygen atoms in total. The van der Waals surface area contributed by atoms with Crippen LogP contribution in [0.5, 0.6) is 5.75 Å². The van der Waals surface area contributed by atoms with E-state index in [1.807, 2.05) is 78.9 Å². The zero-order valence-electron chi connectivity index (χ0n) is 29.9. The molecule has 4 N–H and O–H groups in total. The number of H-pyrrole nitrogens is 1. The molecule has 53 heavy (non-hydrogen) atoms. The number of fused-ring (bicyclic) bond motifs is 1. The van der Waals surface area contributed by atoms with Crippen molar-refractivity contribution in [3.05, 3.63) is 118 Å². The minimum absolute atomic E-state index is 0.0230. The third-order valence-electron chi connectivity index (χ3n) is 9.02. The summed E-state index contributed by atoms with van der Waals surface area (Å²) in [4.78, 5) is 42.5. The van der Waals surface area contributed by atoms with Crippen LogP contribution in [0, 0.1) is 0 Å². The molecule has 0 aliphatic carbocycles. The summed E-state index contributed by atoms with van der Waals surface area (Å²) in [6, 6.07) is 24.7. The number of nitrogens with zero attached hydrogens (tertiary/aromatic N) is 5. The maximum atomic E-state index is 13.0. The van der Waals surface area contributed by atoms with E-state index < -0.39 is 35.7 Å². The summed E-state index contributed by atoms with van der Waals surface area (Å²) in [7, 11) is 6.69. The van der Waals surface area contributed by atoms with Crippen LogP contribution in [-0.2, 0) is 31.2 Å². The van der Waals surface area contributed by atoms with Crippen LogP contribution in [0.3, 0.4) is 0 Å². The van der Waals surface area contributed by atoms with Gasteiger partial charge in [0.05, 0.1) is 39.6 Å². The molecule has 2 aromatic heterocycles. The lowest BCUT2D eigenvalue weighted by Gasteiger charge is -2.37. The molecule has 3 heterocycles. The lowest BCUT2D eigenvalue weighted by molar-refractivity contribution is -0.124. The number of aliphatic hydroxyl groups is 2. The van der Waals surface area contributed by atoms with E-state index >= 15 is 0 Å². The Hall–Kier alpha value is -5.45. The van der Waals surface area contributed by atoms with Crippen LogP contribution in [-0.4, -0.2) is 107 Å². The van der Waals surface area contributed by atoms with Gasteiger partial charge in [-0.15, -0.1) is 0 Å². The summed E-state index contributed by atoms with van der Waals surface area (Å²) < 4.78 is 26.7. The third kappa shape index (κ3) is 7.84. The maximum absolute atomic E-state index is 13.0. The number of aliphatic hydroxyl groups excluding tert-OH is 2. The minimum Gasteiger partial charge on any atom is -0.497 e. The average Bonchev–Trinajstić information content (AvgIpc) is 3.75. The minimum atomic E-state index is -1.25. The normalized spacial score (nSPS) is 19.7. The Bertz CT molecular complexity index is 2020. The molecular formula is C38H43N7O8. The van der Waals surface area contributed by atoms with Crippen LogP contribution in [0.25, 0.3) is 11.2 Å². The molecule has 2 unspecified atom stereocenters. The Morgan fingerprint density at radius 1 is 1.08 bits per heavy atom. The zero-order chi connectivity index (χ0) is 37.5. The Balaban J connectivity index is 1.40. The lowest BCUT2D eigenvalue weighted by atomic mass is 9.79. The highest BCUT2D eigenvalue weighted by Gasteiger charge is 2.48. The second kappa shape index (κ2) is 16.5. The lowest BCUT2D eigenvalue weighted by Crippen LogP contribution is -2.40. The molecule has 0 bridgehead atoms. The monoisotopic (exact) mass is 725 g/mol. The number of methoxy groups -OCH3 is 1. The molecule has 5 aromatic rings. The topological polar surface area (TPSA) is 186 Å². The Morgan fingerprint density at radius 2 is 1.75 bits per heavy atom. The molecule has 6 rings (SSSR count). The van der Waals surface area contributed by atoms with Gasteiger partial charge in [-0.1, -0.05) is 66.7 Å². The highest BCUT2D eigenvalue weighted by molar-refractivity contribution is 5.75. The van der Waals surface area contributed by atoms with Gasteiger partial charge in [-0.05, 0) is 34.4 Å². The van der Waals surface area contributed by atoms with Gasteiger partial charge in [-0.3, -0.25) is 19.1 Å². The highest BCUT2D eigenvalue weighted by Crippen LogP contribution is 2.43. The second-order valence-electron chi connectivity index (χ2n) is 12.7. The fraction of sp³-hybridized carbons (Fsp3) is 0.342. The van der Waals surface area contributed by atoms with Crippen LogP contribution in [0.4, 0.5) is 5.95 Å². The van der Waals surface area contributed by atoms with Gasteiger partial charge in [-0.25, -0.2) is 9.98 Å². The molecule has 278 valence electrons. The first-order chi connectivity index (χ1) is 25.7. The fourth-order valence-corrected chi connectivity index (χ4v) is 6.31. The number of ether oxygens (including phenoxy) is 4. The van der Waals surface area contributed by atoms with Crippen molar-refractivity contribution >= 4 is 29.4 Å². The van der Waals surface area contributed by atoms with Crippen LogP contribution < -0.4 is 15.6 Å². The number of imidazole rings is 1. The smallest absolute Gasteiger partial charge is 0.280 e. The summed E-state index contributed by atoms with van der Waals surface area (Å²) in [6.07, 6.45) is -1.32. The number of nitrogens with one attached hydrogen (secondary N) is 2. The van der Waals surface area contributed by atoms with Gasteiger partial charge in [-0.2, -0.15) is 4.98 Å². The Labute approximate surface area is 305 Å². The number of carbonyl (C=O) groups is 1. The Morgan fingerprint density at radius 3 is 2.40 bits per heavy atom. The number of amides is 1. The molecule has 1 amide bonds. The molecule has 0 saturated carbocycles. The number of hydrogen-bond donors (Lipinski definition) is 4. The molecule has 5 atom stereocenters. The summed E-state index contributed by atoms with van der Waals surface area (Å²) in [5, 5.41) is 24.3. The van der Waals surface area contributed by atoms with Gasteiger partial charge in [0.2, 0.25) is 11.9 Å². The molecule has 3 aromatic carbocycles. The highest BCUT2D eigenvalue weighted by atomic mass is 16.6. The van der Waals surface area contributed by atoms with Crippen molar-refractivity contribution in [2.24, 2.45) is 4.99 Å². The molecule has 1 aliphatic heterocycles. The van der Waals surface area contributed by atoms with E-state index in [0.717, 1.165) is 22.3 Å². The van der Waals surface area contributed by atoms with Gasteiger partial charge in [0.25, 0.3) is 5.56 Å². The number of benzene rings is 3. The molecule has 1 saturated heterocycles. The Kier molecular flexibility index (Phi) is 11.6. The van der Waals surface area contributed by atoms with Crippen molar-refractivity contribution in [2.45, 2.75) is 43.2 Å². The summed E-state index contributed by atoms with van der Waals surface area (Å²) in [6.45, 7) is -0.278. The molecule has 0 spiro atoms. The molecule has 15 heteroatoms. The predicted molar refractivity (Wildman–Crippen MR) is 196 cm³/mol. The van der Waals surface area contributed by atoms with E-state index in [0.29, 0.717) is 5.75 Å². The van der Waals surface area contributed by atoms with E-state index in [-0.39, 0.29) is 49.3 Å². The quantitative estimate of drug-likeness (QED) is 0.0707. The van der Waals surface area contributed by atoms with Crippen molar-refractivity contribution < 1.29 is 34.0 Å². The first kappa shape index (κ1) is 37.3. The molecular weight excluding hydrogens is 682 g/mol. The van der Waals surface area contributed by atoms with Crippen molar-refractivity contribution in [3.63, 3.8) is 0 Å². The first-order valence-electron chi connectivity index (χ1n) is 17.1. The van der Waals surface area contributed by atoms with Crippen LogP contribution in [0.2, 0.25) is 0 Å². The number of aromatic amines is 1. The molecule has 0 radical (unpaired) electrons. The van der Waals surface area contributed by atoms with Gasteiger partial charge >= 0.3 is 0 Å². The standard InChI is InChI=1S/C38H43N7O8/c1-39-30(47)18-19-51-33-32(48)29(53-36(33)45-23-40-31-34(45)42-37(43-35(31)49)41-22-44(2)3)21-52-38(25-8-6-5-7-9-25,26-12-10-24(20-46)11-13-26)27-14-16-28(50-4)17-15-27/h5-17,22-23,29,32-33,36,46,48H,18-21H2,1-4H3,(H,39,47)(H,42,43,49)/b41-22+/t29-,32+,33?,36-,38?/m1/s1. The summed E-state index contributed by atoms with van der Waals surface area (Å²) in [5.41, 5.74) is 1.57. The van der Waals surface area contributed by atoms with Crippen molar-refractivity contribution in [2.75, 3.05) is 41.5 Å². The van der Waals surface area contributed by atoms with Crippen LogP contribution in [0.15, 0.2) is 95.0 Å². The number of rotatable bonds is 15. The van der Waals surface area contributed by atoms with Crippen molar-refractivity contribution in [3.8, 4) is 5.75 Å². The number of carbonyl (C=O) groups excluding carboxylic acids is 1. The number of aromatic nitrogens is 4. The second-order valence-corrected chi connectivity index (χ2v) is 12.7. The van der Waals surface area contributed by atoms with E-state index in [1.165, 1.54) is 24.3 Å². The van der Waals surface area contributed by atoms with Gasteiger partial charge in [0.1, 0.15) is 29.7 Å². The largest absolute Gasteiger partial charge is 0.497 e. The summed E-state index contributed by atoms with van der Waals surface area (Å²) in [5.74, 6) is 0.475. The van der Waals surface area contributed by atoms with Crippen LogP contribution >= 0.6 is 0 Å². The zero-order valence-corrected chi connectivity index (χ0v) is 29.9. The number of aliphatic imine (C=N–C) groups is 1. The average molecular weight is 726 g/mol. The SMILES string of the molecule is CNC(=O)CCOC1[C@@H](O)[C@@H](COC(c2ccccc2)(c2ccc(CO)cc2)c2ccc(OC)cc2)O[C@H]1n1cnc2c(=O)[nH]c(/N=C/N(C)C)nc21. The van der Waals surface area contributed by atoms with Gasteiger partial charge in [0.15, 0.2) is 17.4 Å².